The smallest absolute Gasteiger partial charge is 0.248 e. The van der Waals surface area contributed by atoms with Crippen molar-refractivity contribution in [3.8, 4) is 0 Å². The van der Waals surface area contributed by atoms with Gasteiger partial charge in [0.25, 0.3) is 0 Å². The lowest BCUT2D eigenvalue weighted by atomic mass is 10.2. The number of pyridine rings is 1. The molecule has 1 saturated heterocycles. The summed E-state index contributed by atoms with van der Waals surface area (Å²) in [7, 11) is 0. The Morgan fingerprint density at radius 3 is 3.05 bits per heavy atom. The van der Waals surface area contributed by atoms with E-state index in [1.165, 1.54) is 6.07 Å². The number of benzene rings is 1. The zero-order valence-electron chi connectivity index (χ0n) is 12.6. The van der Waals surface area contributed by atoms with Crippen LogP contribution in [0, 0.1) is 0 Å². The Hall–Kier alpha value is -2.34. The zero-order valence-corrected chi connectivity index (χ0v) is 12.6. The first-order chi connectivity index (χ1) is 10.6. The van der Waals surface area contributed by atoms with Gasteiger partial charge in [0.2, 0.25) is 11.5 Å². The van der Waals surface area contributed by atoms with Crippen molar-refractivity contribution in [2.24, 2.45) is 0 Å². The SMILES string of the molecule is C[C@@H]1CNCCN1C(=O)CNc1ccc2[nH]c(=O)ccc2c1. The highest BCUT2D eigenvalue weighted by Crippen LogP contribution is 2.16. The third-order valence-corrected chi connectivity index (χ3v) is 3.99. The van der Waals surface area contributed by atoms with Crippen molar-refractivity contribution in [1.82, 2.24) is 15.2 Å². The summed E-state index contributed by atoms with van der Waals surface area (Å²) in [6, 6.07) is 9.15. The molecule has 22 heavy (non-hydrogen) atoms. The quantitative estimate of drug-likeness (QED) is 0.782. The maximum Gasteiger partial charge on any atom is 0.248 e. The van der Waals surface area contributed by atoms with Crippen molar-refractivity contribution in [2.45, 2.75) is 13.0 Å². The van der Waals surface area contributed by atoms with E-state index in [9.17, 15) is 9.59 Å². The number of aromatic nitrogens is 1. The highest BCUT2D eigenvalue weighted by atomic mass is 16.2. The number of anilines is 1. The maximum absolute atomic E-state index is 12.3. The molecule has 1 aliphatic heterocycles. The van der Waals surface area contributed by atoms with Crippen LogP contribution < -0.4 is 16.2 Å². The van der Waals surface area contributed by atoms with E-state index in [1.54, 1.807) is 6.07 Å². The Morgan fingerprint density at radius 1 is 1.36 bits per heavy atom. The molecular weight excluding hydrogens is 280 g/mol. The number of nitrogens with zero attached hydrogens (tertiary/aromatic N) is 1. The first-order valence-electron chi connectivity index (χ1n) is 7.50. The minimum Gasteiger partial charge on any atom is -0.376 e. The predicted octanol–water partition coefficient (Wildman–Crippen LogP) is 0.760. The molecule has 0 spiro atoms. The van der Waals surface area contributed by atoms with Gasteiger partial charge < -0.3 is 20.5 Å². The van der Waals surface area contributed by atoms with E-state index in [4.69, 9.17) is 0 Å². The summed E-state index contributed by atoms with van der Waals surface area (Å²) in [5.74, 6) is 0.107. The van der Waals surface area contributed by atoms with E-state index in [0.717, 1.165) is 36.2 Å². The van der Waals surface area contributed by atoms with Gasteiger partial charge in [0.05, 0.1) is 6.54 Å². The van der Waals surface area contributed by atoms with Crippen LogP contribution in [-0.2, 0) is 4.79 Å². The summed E-state index contributed by atoms with van der Waals surface area (Å²) in [6.45, 7) is 4.77. The summed E-state index contributed by atoms with van der Waals surface area (Å²) >= 11 is 0. The fraction of sp³-hybridized carbons (Fsp3) is 0.375. The van der Waals surface area contributed by atoms with E-state index in [2.05, 4.69) is 22.5 Å². The number of aromatic amines is 1. The molecule has 3 rings (SSSR count). The van der Waals surface area contributed by atoms with Gasteiger partial charge in [-0.05, 0) is 31.2 Å². The average molecular weight is 300 g/mol. The van der Waals surface area contributed by atoms with Crippen LogP contribution in [0.4, 0.5) is 5.69 Å². The second-order valence-electron chi connectivity index (χ2n) is 5.62. The van der Waals surface area contributed by atoms with Crippen molar-refractivity contribution in [3.05, 3.63) is 40.7 Å². The maximum atomic E-state index is 12.3. The fourth-order valence-electron chi connectivity index (χ4n) is 2.76. The highest BCUT2D eigenvalue weighted by molar-refractivity contribution is 5.85. The van der Waals surface area contributed by atoms with Crippen LogP contribution >= 0.6 is 0 Å². The van der Waals surface area contributed by atoms with Gasteiger partial charge in [-0.25, -0.2) is 0 Å². The molecule has 0 bridgehead atoms. The van der Waals surface area contributed by atoms with Gasteiger partial charge >= 0.3 is 0 Å². The molecule has 6 nitrogen and oxygen atoms in total. The number of nitrogens with one attached hydrogen (secondary N) is 3. The lowest BCUT2D eigenvalue weighted by Crippen LogP contribution is -2.53. The summed E-state index contributed by atoms with van der Waals surface area (Å²) in [5, 5.41) is 7.38. The molecule has 2 aromatic rings. The number of hydrogen-bond acceptors (Lipinski definition) is 4. The van der Waals surface area contributed by atoms with Gasteiger partial charge in [0.1, 0.15) is 0 Å². The highest BCUT2D eigenvalue weighted by Gasteiger charge is 2.22. The van der Waals surface area contributed by atoms with Gasteiger partial charge in [-0.3, -0.25) is 9.59 Å². The number of carbonyl (C=O) groups is 1. The van der Waals surface area contributed by atoms with Crippen molar-refractivity contribution in [3.63, 3.8) is 0 Å². The monoisotopic (exact) mass is 300 g/mol. The van der Waals surface area contributed by atoms with E-state index in [-0.39, 0.29) is 24.1 Å². The van der Waals surface area contributed by atoms with Crippen LogP contribution in [0.1, 0.15) is 6.92 Å². The number of amides is 1. The van der Waals surface area contributed by atoms with E-state index < -0.39 is 0 Å². The number of rotatable bonds is 3. The molecule has 1 aromatic heterocycles. The van der Waals surface area contributed by atoms with Gasteiger partial charge in [0, 0.05) is 48.3 Å². The first kappa shape index (κ1) is 14.6. The lowest BCUT2D eigenvalue weighted by Gasteiger charge is -2.34. The summed E-state index contributed by atoms with van der Waals surface area (Å²) in [5.41, 5.74) is 1.55. The molecule has 1 aromatic carbocycles. The largest absolute Gasteiger partial charge is 0.376 e. The normalized spacial score (nSPS) is 18.4. The zero-order chi connectivity index (χ0) is 15.5. The number of fused-ring (bicyclic) bond motifs is 1. The Kier molecular flexibility index (Phi) is 4.11. The molecule has 1 amide bonds. The topological polar surface area (TPSA) is 77.2 Å². The van der Waals surface area contributed by atoms with Crippen LogP contribution in [-0.4, -0.2) is 48.0 Å². The van der Waals surface area contributed by atoms with Crippen molar-refractivity contribution in [1.29, 1.82) is 0 Å². The van der Waals surface area contributed by atoms with Crippen molar-refractivity contribution < 1.29 is 4.79 Å². The predicted molar refractivity (Wildman–Crippen MR) is 87.1 cm³/mol. The Balaban J connectivity index is 1.67. The van der Waals surface area contributed by atoms with Crippen LogP contribution in [0.2, 0.25) is 0 Å². The Bertz CT molecular complexity index is 740. The molecular formula is C16H20N4O2. The van der Waals surface area contributed by atoms with Gasteiger partial charge in [-0.1, -0.05) is 0 Å². The van der Waals surface area contributed by atoms with E-state index >= 15 is 0 Å². The number of hydrogen-bond donors (Lipinski definition) is 3. The average Bonchev–Trinajstić information content (AvgIpc) is 2.53. The number of carbonyl (C=O) groups excluding carboxylic acids is 1. The van der Waals surface area contributed by atoms with Crippen LogP contribution in [0.25, 0.3) is 10.9 Å². The van der Waals surface area contributed by atoms with Gasteiger partial charge in [-0.2, -0.15) is 0 Å². The minimum absolute atomic E-state index is 0.107. The van der Waals surface area contributed by atoms with Crippen LogP contribution in [0.3, 0.4) is 0 Å². The van der Waals surface area contributed by atoms with Gasteiger partial charge in [-0.15, -0.1) is 0 Å². The molecule has 2 heterocycles. The first-order valence-corrected chi connectivity index (χ1v) is 7.50. The van der Waals surface area contributed by atoms with Crippen molar-refractivity contribution >= 4 is 22.5 Å². The van der Waals surface area contributed by atoms with Crippen LogP contribution in [0.5, 0.6) is 0 Å². The summed E-state index contributed by atoms with van der Waals surface area (Å²) in [6.07, 6.45) is 0. The second-order valence-corrected chi connectivity index (χ2v) is 5.62. The Morgan fingerprint density at radius 2 is 2.23 bits per heavy atom. The number of H-pyrrole nitrogens is 1. The number of piperazine rings is 1. The third kappa shape index (κ3) is 3.12. The molecule has 0 saturated carbocycles. The molecule has 0 unspecified atom stereocenters. The molecule has 0 aliphatic carbocycles. The third-order valence-electron chi connectivity index (χ3n) is 3.99. The molecule has 6 heteroatoms. The van der Waals surface area contributed by atoms with E-state index in [1.807, 2.05) is 23.1 Å². The fourth-order valence-corrected chi connectivity index (χ4v) is 2.76. The van der Waals surface area contributed by atoms with E-state index in [0.29, 0.717) is 0 Å². The standard InChI is InChI=1S/C16H20N4O2/c1-11-9-17-6-7-20(11)16(22)10-18-13-3-4-14-12(8-13)2-5-15(21)19-14/h2-5,8,11,17-18H,6-7,9-10H2,1H3,(H,19,21)/t11-/m1/s1. The lowest BCUT2D eigenvalue weighted by molar-refractivity contribution is -0.132. The molecule has 1 atom stereocenters. The summed E-state index contributed by atoms with van der Waals surface area (Å²) < 4.78 is 0. The summed E-state index contributed by atoms with van der Waals surface area (Å²) in [4.78, 5) is 28.2. The molecule has 1 aliphatic rings. The van der Waals surface area contributed by atoms with Crippen molar-refractivity contribution in [2.75, 3.05) is 31.5 Å². The molecule has 0 radical (unpaired) electrons. The molecule has 1 fully saturated rings. The molecule has 3 N–H and O–H groups in total. The minimum atomic E-state index is -0.115. The van der Waals surface area contributed by atoms with Gasteiger partial charge in [0.15, 0.2) is 0 Å². The van der Waals surface area contributed by atoms with Crippen LogP contribution in [0.15, 0.2) is 35.1 Å². The second kappa shape index (κ2) is 6.19. The molecule has 116 valence electrons. The Labute approximate surface area is 128 Å².